The minimum Gasteiger partial charge on any atom is -0.345 e. The summed E-state index contributed by atoms with van der Waals surface area (Å²) in [6.07, 6.45) is 2.68. The van der Waals surface area contributed by atoms with Gasteiger partial charge in [-0.25, -0.2) is 13.8 Å². The first kappa shape index (κ1) is 13.9. The molecule has 2 heterocycles. The first-order valence-electron chi connectivity index (χ1n) is 6.39. The summed E-state index contributed by atoms with van der Waals surface area (Å²) in [7, 11) is 0. The first-order chi connectivity index (χ1) is 10.5. The highest BCUT2D eigenvalue weighted by molar-refractivity contribution is 6.16. The molecule has 0 saturated heterocycles. The van der Waals surface area contributed by atoms with E-state index in [0.29, 0.717) is 11.0 Å². The Morgan fingerprint density at radius 1 is 1.36 bits per heavy atom. The van der Waals surface area contributed by atoms with Crippen LogP contribution in [0.15, 0.2) is 30.6 Å². The zero-order valence-corrected chi connectivity index (χ0v) is 11.4. The highest BCUT2D eigenvalue weighted by Crippen LogP contribution is 2.24. The van der Waals surface area contributed by atoms with Crippen molar-refractivity contribution >= 4 is 16.8 Å². The fraction of sp³-hybridized carbons (Fsp3) is 0.0625. The number of aromatic nitrogens is 2. The summed E-state index contributed by atoms with van der Waals surface area (Å²) in [5, 5.41) is 9.25. The molecule has 0 fully saturated rings. The quantitative estimate of drug-likeness (QED) is 0.738. The number of carbonyl (C=O) groups excluding carboxylic acids is 1. The van der Waals surface area contributed by atoms with E-state index < -0.39 is 23.0 Å². The summed E-state index contributed by atoms with van der Waals surface area (Å²) in [5.41, 5.74) is 0.272. The van der Waals surface area contributed by atoms with Crippen LogP contribution in [0.25, 0.3) is 11.0 Å². The predicted octanol–water partition coefficient (Wildman–Crippen LogP) is 3.25. The van der Waals surface area contributed by atoms with Crippen molar-refractivity contribution in [1.82, 2.24) is 9.97 Å². The number of H-pyrrole nitrogens is 1. The summed E-state index contributed by atoms with van der Waals surface area (Å²) < 4.78 is 28.0. The number of fused-ring (bicyclic) bond motifs is 1. The number of hydrogen-bond acceptors (Lipinski definition) is 3. The SMILES string of the molecule is Cc1ccc(F)c(C(=O)c2c[nH]c3ncc(C#N)cc23)c1F. The molecule has 0 aliphatic rings. The van der Waals surface area contributed by atoms with Crippen LogP contribution in [-0.2, 0) is 0 Å². The van der Waals surface area contributed by atoms with Gasteiger partial charge in [-0.1, -0.05) is 6.07 Å². The largest absolute Gasteiger partial charge is 0.345 e. The summed E-state index contributed by atoms with van der Waals surface area (Å²) in [4.78, 5) is 19.3. The van der Waals surface area contributed by atoms with Gasteiger partial charge in [0, 0.05) is 23.3 Å². The van der Waals surface area contributed by atoms with Gasteiger partial charge in [0.1, 0.15) is 23.4 Å². The van der Waals surface area contributed by atoms with Crippen molar-refractivity contribution in [3.8, 4) is 6.07 Å². The van der Waals surface area contributed by atoms with Crippen molar-refractivity contribution in [1.29, 1.82) is 5.26 Å². The molecule has 3 rings (SSSR count). The van der Waals surface area contributed by atoms with Crippen molar-refractivity contribution in [3.63, 3.8) is 0 Å². The van der Waals surface area contributed by atoms with Crippen LogP contribution in [0.3, 0.4) is 0 Å². The molecule has 0 amide bonds. The van der Waals surface area contributed by atoms with Crippen LogP contribution >= 0.6 is 0 Å². The topological polar surface area (TPSA) is 69.5 Å². The summed E-state index contributed by atoms with van der Waals surface area (Å²) >= 11 is 0. The number of hydrogen-bond donors (Lipinski definition) is 1. The number of benzene rings is 1. The molecule has 0 unspecified atom stereocenters. The van der Waals surface area contributed by atoms with Crippen molar-refractivity contribution in [3.05, 3.63) is 64.5 Å². The smallest absolute Gasteiger partial charge is 0.201 e. The van der Waals surface area contributed by atoms with Gasteiger partial charge >= 0.3 is 0 Å². The first-order valence-corrected chi connectivity index (χ1v) is 6.39. The molecule has 108 valence electrons. The zero-order valence-electron chi connectivity index (χ0n) is 11.4. The lowest BCUT2D eigenvalue weighted by atomic mass is 10.00. The van der Waals surface area contributed by atoms with Crippen LogP contribution in [0.5, 0.6) is 0 Å². The summed E-state index contributed by atoms with van der Waals surface area (Å²) in [5.74, 6) is -2.60. The third-order valence-electron chi connectivity index (χ3n) is 3.42. The number of halogens is 2. The lowest BCUT2D eigenvalue weighted by molar-refractivity contribution is 0.103. The van der Waals surface area contributed by atoms with Gasteiger partial charge in [0.25, 0.3) is 0 Å². The van der Waals surface area contributed by atoms with Gasteiger partial charge in [-0.3, -0.25) is 4.79 Å². The van der Waals surface area contributed by atoms with E-state index in [1.165, 1.54) is 31.5 Å². The van der Waals surface area contributed by atoms with Crippen LogP contribution in [-0.4, -0.2) is 15.8 Å². The fourth-order valence-electron chi connectivity index (χ4n) is 2.25. The number of carbonyl (C=O) groups is 1. The maximum atomic E-state index is 14.1. The van der Waals surface area contributed by atoms with Gasteiger partial charge in [-0.2, -0.15) is 5.26 Å². The maximum Gasteiger partial charge on any atom is 0.201 e. The monoisotopic (exact) mass is 297 g/mol. The van der Waals surface area contributed by atoms with E-state index in [0.717, 1.165) is 6.07 Å². The molecule has 0 aliphatic carbocycles. The van der Waals surface area contributed by atoms with Crippen LogP contribution in [0, 0.1) is 29.9 Å². The number of aromatic amines is 1. The molecule has 0 aliphatic heterocycles. The second-order valence-electron chi connectivity index (χ2n) is 4.82. The van der Waals surface area contributed by atoms with E-state index in [4.69, 9.17) is 5.26 Å². The number of rotatable bonds is 2. The van der Waals surface area contributed by atoms with E-state index in [2.05, 4.69) is 9.97 Å². The van der Waals surface area contributed by atoms with Gasteiger partial charge < -0.3 is 4.98 Å². The minimum absolute atomic E-state index is 0.0722. The molecule has 0 radical (unpaired) electrons. The molecule has 22 heavy (non-hydrogen) atoms. The van der Waals surface area contributed by atoms with Crippen molar-refractivity contribution in [2.75, 3.05) is 0 Å². The van der Waals surface area contributed by atoms with Gasteiger partial charge in [0.15, 0.2) is 0 Å². The Hall–Kier alpha value is -3.07. The number of nitriles is 1. The Morgan fingerprint density at radius 3 is 2.86 bits per heavy atom. The maximum absolute atomic E-state index is 14.1. The standard InChI is InChI=1S/C16H9F2N3O/c1-8-2-3-12(17)13(14(8)18)15(22)11-7-21-16-10(11)4-9(5-19)6-20-16/h2-4,6-7H,1H3,(H,20,21). The Kier molecular flexibility index (Phi) is 3.18. The molecule has 1 N–H and O–H groups in total. The fourth-order valence-corrected chi connectivity index (χ4v) is 2.25. The molecular weight excluding hydrogens is 288 g/mol. The molecule has 1 aromatic carbocycles. The third-order valence-corrected chi connectivity index (χ3v) is 3.42. The number of ketones is 1. The highest BCUT2D eigenvalue weighted by atomic mass is 19.1. The molecule has 6 heteroatoms. The lowest BCUT2D eigenvalue weighted by Crippen LogP contribution is -2.08. The molecule has 2 aromatic heterocycles. The summed E-state index contributed by atoms with van der Waals surface area (Å²) in [6, 6.07) is 5.69. The van der Waals surface area contributed by atoms with E-state index in [-0.39, 0.29) is 16.7 Å². The van der Waals surface area contributed by atoms with Gasteiger partial charge in [0.2, 0.25) is 5.78 Å². The molecule has 0 spiro atoms. The van der Waals surface area contributed by atoms with Crippen molar-refractivity contribution in [2.24, 2.45) is 0 Å². The van der Waals surface area contributed by atoms with Crippen LogP contribution in [0.2, 0.25) is 0 Å². The van der Waals surface area contributed by atoms with E-state index in [1.54, 1.807) is 0 Å². The second-order valence-corrected chi connectivity index (χ2v) is 4.82. The normalized spacial score (nSPS) is 10.6. The van der Waals surface area contributed by atoms with Gasteiger partial charge in [0.05, 0.1) is 11.1 Å². The van der Waals surface area contributed by atoms with Crippen LogP contribution in [0.1, 0.15) is 27.0 Å². The molecule has 4 nitrogen and oxygen atoms in total. The van der Waals surface area contributed by atoms with Gasteiger partial charge in [-0.05, 0) is 24.6 Å². The average molecular weight is 297 g/mol. The Bertz CT molecular complexity index is 954. The Morgan fingerprint density at radius 2 is 2.14 bits per heavy atom. The highest BCUT2D eigenvalue weighted by Gasteiger charge is 2.23. The number of aryl methyl sites for hydroxylation is 1. The third kappa shape index (κ3) is 2.04. The Labute approximate surface area is 124 Å². The molecule has 0 bridgehead atoms. The van der Waals surface area contributed by atoms with Crippen molar-refractivity contribution in [2.45, 2.75) is 6.92 Å². The van der Waals surface area contributed by atoms with Crippen LogP contribution in [0.4, 0.5) is 8.78 Å². The lowest BCUT2D eigenvalue weighted by Gasteiger charge is -2.05. The zero-order chi connectivity index (χ0) is 15.9. The number of pyridine rings is 1. The van der Waals surface area contributed by atoms with Crippen LogP contribution < -0.4 is 0 Å². The van der Waals surface area contributed by atoms with Crippen molar-refractivity contribution < 1.29 is 13.6 Å². The predicted molar refractivity (Wildman–Crippen MR) is 75.3 cm³/mol. The molecular formula is C16H9F2N3O. The second kappa shape index (κ2) is 5.04. The molecule has 0 saturated carbocycles. The number of nitrogens with zero attached hydrogens (tertiary/aromatic N) is 2. The molecule has 3 aromatic rings. The van der Waals surface area contributed by atoms with E-state index in [1.807, 2.05) is 6.07 Å². The van der Waals surface area contributed by atoms with Gasteiger partial charge in [-0.15, -0.1) is 0 Å². The minimum atomic E-state index is -0.924. The average Bonchev–Trinajstić information content (AvgIpc) is 2.94. The van der Waals surface area contributed by atoms with E-state index in [9.17, 15) is 13.6 Å². The number of nitrogens with one attached hydrogen (secondary N) is 1. The summed E-state index contributed by atoms with van der Waals surface area (Å²) in [6.45, 7) is 1.45. The molecule has 0 atom stereocenters. The van der Waals surface area contributed by atoms with E-state index >= 15 is 0 Å². The Balaban J connectivity index is 2.22.